The Morgan fingerprint density at radius 3 is 2.29 bits per heavy atom. The summed E-state index contributed by atoms with van der Waals surface area (Å²) in [5.41, 5.74) is 4.53. The number of ether oxygens (including phenoxy) is 4. The molecule has 0 atom stereocenters. The van der Waals surface area contributed by atoms with Gasteiger partial charge in [0.25, 0.3) is 5.91 Å². The number of methoxy groups -OCH3 is 4. The third-order valence-electron chi connectivity index (χ3n) is 4.36. The molecule has 1 heterocycles. The first-order valence-corrected chi connectivity index (χ1v) is 9.20. The second-order valence-electron chi connectivity index (χ2n) is 6.14. The molecule has 0 aliphatic rings. The molecule has 0 aliphatic carbocycles. The maximum absolute atomic E-state index is 12.5. The topological polar surface area (TPSA) is 104 Å². The number of nitrogens with zero attached hydrogens (tertiary/aromatic N) is 3. The highest BCUT2D eigenvalue weighted by atomic mass is 16.5. The minimum Gasteiger partial charge on any atom is -0.497 e. The quantitative estimate of drug-likeness (QED) is 0.440. The van der Waals surface area contributed by atoms with Crippen molar-refractivity contribution in [3.8, 4) is 34.3 Å². The Bertz CT molecular complexity index is 1080. The number of amides is 1. The molecule has 9 heteroatoms. The van der Waals surface area contributed by atoms with Crippen LogP contribution in [0.4, 0.5) is 0 Å². The van der Waals surface area contributed by atoms with Gasteiger partial charge >= 0.3 is 0 Å². The lowest BCUT2D eigenvalue weighted by Crippen LogP contribution is -2.19. The van der Waals surface area contributed by atoms with E-state index in [2.05, 4.69) is 20.5 Å². The second-order valence-corrected chi connectivity index (χ2v) is 6.14. The van der Waals surface area contributed by atoms with Gasteiger partial charge in [-0.1, -0.05) is 0 Å². The first kappa shape index (κ1) is 21.6. The number of hydrogen-bond acceptors (Lipinski definition) is 8. The number of nitrogens with one attached hydrogen (secondary N) is 1. The maximum atomic E-state index is 12.5. The lowest BCUT2D eigenvalue weighted by molar-refractivity contribution is 0.0950. The normalized spacial score (nSPS) is 10.6. The number of carbonyl (C=O) groups is 1. The summed E-state index contributed by atoms with van der Waals surface area (Å²) in [7, 11) is 6.15. The molecule has 0 fully saturated rings. The molecule has 0 radical (unpaired) electrons. The summed E-state index contributed by atoms with van der Waals surface area (Å²) in [6.07, 6.45) is 4.39. The number of aromatic nitrogens is 2. The zero-order valence-electron chi connectivity index (χ0n) is 17.6. The Balaban J connectivity index is 1.76. The molecule has 0 spiro atoms. The van der Waals surface area contributed by atoms with E-state index in [1.807, 2.05) is 24.3 Å². The molecule has 1 amide bonds. The van der Waals surface area contributed by atoms with Gasteiger partial charge in [0.1, 0.15) is 11.4 Å². The van der Waals surface area contributed by atoms with Crippen LogP contribution < -0.4 is 24.4 Å². The van der Waals surface area contributed by atoms with Crippen LogP contribution in [0.2, 0.25) is 0 Å². The van der Waals surface area contributed by atoms with Crippen molar-refractivity contribution in [2.45, 2.75) is 0 Å². The van der Waals surface area contributed by atoms with E-state index in [1.165, 1.54) is 33.7 Å². The van der Waals surface area contributed by atoms with Crippen LogP contribution in [-0.2, 0) is 0 Å². The molecular formula is C22H22N4O5. The van der Waals surface area contributed by atoms with Gasteiger partial charge in [0.05, 0.1) is 52.7 Å². The highest BCUT2D eigenvalue weighted by Crippen LogP contribution is 2.38. The molecule has 0 unspecified atom stereocenters. The Hall–Kier alpha value is -4.14. The summed E-state index contributed by atoms with van der Waals surface area (Å²) in [5, 5.41) is 4.00. The Morgan fingerprint density at radius 1 is 0.903 bits per heavy atom. The van der Waals surface area contributed by atoms with Crippen LogP contribution in [0.1, 0.15) is 16.1 Å². The van der Waals surface area contributed by atoms with Gasteiger partial charge in [0.15, 0.2) is 11.5 Å². The van der Waals surface area contributed by atoms with Crippen LogP contribution in [0.15, 0.2) is 53.9 Å². The minimum atomic E-state index is -0.501. The lowest BCUT2D eigenvalue weighted by atomic mass is 10.1. The zero-order valence-corrected chi connectivity index (χ0v) is 17.6. The van der Waals surface area contributed by atoms with Crippen molar-refractivity contribution in [1.29, 1.82) is 0 Å². The van der Waals surface area contributed by atoms with Crippen molar-refractivity contribution in [3.63, 3.8) is 0 Å². The van der Waals surface area contributed by atoms with E-state index in [1.54, 1.807) is 25.4 Å². The number of hydrazone groups is 1. The first-order valence-electron chi connectivity index (χ1n) is 9.20. The van der Waals surface area contributed by atoms with Crippen LogP contribution in [0.25, 0.3) is 11.3 Å². The Labute approximate surface area is 179 Å². The monoisotopic (exact) mass is 422 g/mol. The van der Waals surface area contributed by atoms with Crippen molar-refractivity contribution in [1.82, 2.24) is 15.4 Å². The predicted octanol–water partition coefficient (Wildman–Crippen LogP) is 2.94. The summed E-state index contributed by atoms with van der Waals surface area (Å²) in [5.74, 6) is 1.61. The van der Waals surface area contributed by atoms with E-state index < -0.39 is 5.91 Å². The van der Waals surface area contributed by atoms with Gasteiger partial charge < -0.3 is 18.9 Å². The molecule has 2 aromatic carbocycles. The number of benzene rings is 2. The standard InChI is InChI=1S/C22H22N4O5/c1-28-16-8-5-14(6-9-16)17-12-23-13-18(25-17)22(27)26-24-11-15-7-10-19(29-2)21(31-4)20(15)30-3/h5-13H,1-4H3,(H,26,27). The van der Waals surface area contributed by atoms with E-state index >= 15 is 0 Å². The highest BCUT2D eigenvalue weighted by Gasteiger charge is 2.15. The van der Waals surface area contributed by atoms with Gasteiger partial charge in [-0.05, 0) is 36.4 Å². The predicted molar refractivity (Wildman–Crippen MR) is 115 cm³/mol. The third kappa shape index (κ3) is 4.89. The van der Waals surface area contributed by atoms with E-state index in [9.17, 15) is 4.79 Å². The fraction of sp³-hybridized carbons (Fsp3) is 0.182. The largest absolute Gasteiger partial charge is 0.497 e. The second kappa shape index (κ2) is 10.1. The number of hydrogen-bond donors (Lipinski definition) is 1. The summed E-state index contributed by atoms with van der Waals surface area (Å²) in [6, 6.07) is 10.8. The first-order chi connectivity index (χ1) is 15.1. The van der Waals surface area contributed by atoms with Crippen LogP contribution in [-0.4, -0.2) is 50.5 Å². The van der Waals surface area contributed by atoms with E-state index in [-0.39, 0.29) is 5.69 Å². The van der Waals surface area contributed by atoms with Crippen LogP contribution in [0, 0.1) is 0 Å². The minimum absolute atomic E-state index is 0.129. The molecule has 0 saturated heterocycles. The molecule has 0 aliphatic heterocycles. The van der Waals surface area contributed by atoms with E-state index in [0.717, 1.165) is 11.3 Å². The Kier molecular flexibility index (Phi) is 7.00. The molecule has 9 nitrogen and oxygen atoms in total. The fourth-order valence-electron chi connectivity index (χ4n) is 2.82. The van der Waals surface area contributed by atoms with Crippen molar-refractivity contribution < 1.29 is 23.7 Å². The van der Waals surface area contributed by atoms with E-state index in [0.29, 0.717) is 28.5 Å². The van der Waals surface area contributed by atoms with Crippen molar-refractivity contribution in [2.75, 3.05) is 28.4 Å². The molecule has 3 rings (SSSR count). The molecule has 0 bridgehead atoms. The maximum Gasteiger partial charge on any atom is 0.291 e. The molecule has 1 N–H and O–H groups in total. The third-order valence-corrected chi connectivity index (χ3v) is 4.36. The smallest absolute Gasteiger partial charge is 0.291 e. The van der Waals surface area contributed by atoms with Gasteiger partial charge in [0, 0.05) is 11.1 Å². The van der Waals surface area contributed by atoms with Crippen molar-refractivity contribution >= 4 is 12.1 Å². The van der Waals surface area contributed by atoms with Gasteiger partial charge in [-0.2, -0.15) is 5.10 Å². The summed E-state index contributed by atoms with van der Waals surface area (Å²) >= 11 is 0. The summed E-state index contributed by atoms with van der Waals surface area (Å²) in [6.45, 7) is 0. The Morgan fingerprint density at radius 2 is 1.65 bits per heavy atom. The molecular weight excluding hydrogens is 400 g/mol. The van der Waals surface area contributed by atoms with Gasteiger partial charge in [-0.15, -0.1) is 0 Å². The lowest BCUT2D eigenvalue weighted by Gasteiger charge is -2.13. The van der Waals surface area contributed by atoms with Crippen LogP contribution >= 0.6 is 0 Å². The number of carbonyl (C=O) groups excluding carboxylic acids is 1. The average molecular weight is 422 g/mol. The zero-order chi connectivity index (χ0) is 22.2. The van der Waals surface area contributed by atoms with Crippen molar-refractivity contribution in [2.24, 2.45) is 5.10 Å². The van der Waals surface area contributed by atoms with Crippen LogP contribution in [0.3, 0.4) is 0 Å². The van der Waals surface area contributed by atoms with Gasteiger partial charge in [0.2, 0.25) is 5.75 Å². The van der Waals surface area contributed by atoms with Crippen LogP contribution in [0.5, 0.6) is 23.0 Å². The SMILES string of the molecule is COc1ccc(-c2cncc(C(=O)NN=Cc3ccc(OC)c(OC)c3OC)n2)cc1. The fourth-order valence-corrected chi connectivity index (χ4v) is 2.82. The summed E-state index contributed by atoms with van der Waals surface area (Å²) in [4.78, 5) is 20.9. The number of rotatable bonds is 8. The van der Waals surface area contributed by atoms with Gasteiger partial charge in [-0.25, -0.2) is 10.4 Å². The van der Waals surface area contributed by atoms with E-state index in [4.69, 9.17) is 18.9 Å². The molecule has 1 aromatic heterocycles. The molecule has 3 aromatic rings. The highest BCUT2D eigenvalue weighted by molar-refractivity contribution is 5.94. The molecule has 160 valence electrons. The molecule has 31 heavy (non-hydrogen) atoms. The average Bonchev–Trinajstić information content (AvgIpc) is 2.83. The van der Waals surface area contributed by atoms with Crippen molar-refractivity contribution in [3.05, 3.63) is 60.0 Å². The molecule has 0 saturated carbocycles. The summed E-state index contributed by atoms with van der Waals surface area (Å²) < 4.78 is 21.1. The van der Waals surface area contributed by atoms with Gasteiger partial charge in [-0.3, -0.25) is 9.78 Å².